The van der Waals surface area contributed by atoms with E-state index in [0.717, 1.165) is 18.2 Å². The smallest absolute Gasteiger partial charge is 0.262 e. The molecule has 0 saturated carbocycles. The van der Waals surface area contributed by atoms with E-state index in [4.69, 9.17) is 9.47 Å². The van der Waals surface area contributed by atoms with Crippen LogP contribution in [0.15, 0.2) is 47.4 Å². The van der Waals surface area contributed by atoms with Crippen molar-refractivity contribution in [2.75, 3.05) is 38.2 Å². The fraction of sp³-hybridized carbons (Fsp3) is 0.278. The van der Waals surface area contributed by atoms with Gasteiger partial charge in [0.25, 0.3) is 5.91 Å². The highest BCUT2D eigenvalue weighted by atomic mass is 32.2. The Kier molecular flexibility index (Phi) is 6.22. The zero-order valence-electron chi connectivity index (χ0n) is 14.7. The summed E-state index contributed by atoms with van der Waals surface area (Å²) in [5.41, 5.74) is -0.291. The Hall–Kier alpha value is -2.56. The lowest BCUT2D eigenvalue weighted by Gasteiger charge is -2.26. The van der Waals surface area contributed by atoms with Crippen LogP contribution in [0.5, 0.6) is 5.75 Å². The van der Waals surface area contributed by atoms with E-state index in [1.54, 1.807) is 0 Å². The number of halogens is 2. The molecule has 7 nitrogen and oxygen atoms in total. The van der Waals surface area contributed by atoms with Gasteiger partial charge in [-0.25, -0.2) is 17.2 Å². The third kappa shape index (κ3) is 4.83. The van der Waals surface area contributed by atoms with Crippen LogP contribution >= 0.6 is 0 Å². The number of carbonyl (C=O) groups excluding carboxylic acids is 1. The van der Waals surface area contributed by atoms with Gasteiger partial charge in [0.15, 0.2) is 6.61 Å². The summed E-state index contributed by atoms with van der Waals surface area (Å²) >= 11 is 0. The topological polar surface area (TPSA) is 84.9 Å². The number of morpholine rings is 1. The average Bonchev–Trinajstić information content (AvgIpc) is 2.70. The lowest BCUT2D eigenvalue weighted by Crippen LogP contribution is -2.40. The summed E-state index contributed by atoms with van der Waals surface area (Å²) < 4.78 is 63.4. The standard InChI is InChI=1S/C18H18F2N2O5S/c19-13-1-6-16(20)17(11-13)21-18(23)12-27-14-2-4-15(5-3-14)28(24,25)22-7-9-26-10-8-22/h1-6,11H,7-10,12H2,(H,21,23). The third-order valence-corrected chi connectivity index (χ3v) is 5.92. The Bertz CT molecular complexity index is 945. The molecule has 10 heteroatoms. The minimum absolute atomic E-state index is 0.105. The van der Waals surface area contributed by atoms with Gasteiger partial charge in [0.1, 0.15) is 17.4 Å². The number of amides is 1. The quantitative estimate of drug-likeness (QED) is 0.785. The lowest BCUT2D eigenvalue weighted by molar-refractivity contribution is -0.118. The fourth-order valence-electron chi connectivity index (χ4n) is 2.57. The van der Waals surface area contributed by atoms with Crippen molar-refractivity contribution in [3.8, 4) is 5.75 Å². The van der Waals surface area contributed by atoms with Gasteiger partial charge in [-0.2, -0.15) is 4.31 Å². The zero-order chi connectivity index (χ0) is 20.1. The lowest BCUT2D eigenvalue weighted by atomic mass is 10.3. The third-order valence-electron chi connectivity index (χ3n) is 4.00. The van der Waals surface area contributed by atoms with Gasteiger partial charge < -0.3 is 14.8 Å². The van der Waals surface area contributed by atoms with E-state index in [-0.39, 0.29) is 29.4 Å². The summed E-state index contributed by atoms with van der Waals surface area (Å²) in [6.45, 7) is 0.823. The van der Waals surface area contributed by atoms with Crippen molar-refractivity contribution in [3.05, 3.63) is 54.1 Å². The highest BCUT2D eigenvalue weighted by Gasteiger charge is 2.26. The molecule has 0 radical (unpaired) electrons. The molecule has 0 aliphatic carbocycles. The number of rotatable bonds is 6. The van der Waals surface area contributed by atoms with E-state index in [1.165, 1.54) is 28.6 Å². The molecule has 3 rings (SSSR count). The molecule has 2 aromatic rings. The maximum atomic E-state index is 13.5. The Morgan fingerprint density at radius 2 is 1.79 bits per heavy atom. The number of hydrogen-bond donors (Lipinski definition) is 1. The highest BCUT2D eigenvalue weighted by Crippen LogP contribution is 2.21. The summed E-state index contributed by atoms with van der Waals surface area (Å²) in [6.07, 6.45) is 0. The molecule has 150 valence electrons. The Balaban J connectivity index is 1.58. The Morgan fingerprint density at radius 1 is 1.11 bits per heavy atom. The Morgan fingerprint density at radius 3 is 2.46 bits per heavy atom. The molecule has 1 heterocycles. The second kappa shape index (κ2) is 8.63. The first-order valence-electron chi connectivity index (χ1n) is 8.42. The SMILES string of the molecule is O=C(COc1ccc(S(=O)(=O)N2CCOCC2)cc1)Nc1cc(F)ccc1F. The van der Waals surface area contributed by atoms with E-state index in [1.807, 2.05) is 0 Å². The number of benzene rings is 2. The number of carbonyl (C=O) groups is 1. The monoisotopic (exact) mass is 412 g/mol. The molecule has 28 heavy (non-hydrogen) atoms. The second-order valence-electron chi connectivity index (χ2n) is 5.95. The minimum Gasteiger partial charge on any atom is -0.484 e. The summed E-state index contributed by atoms with van der Waals surface area (Å²) in [5, 5.41) is 2.21. The van der Waals surface area contributed by atoms with Crippen LogP contribution in [0.4, 0.5) is 14.5 Å². The molecule has 1 aliphatic rings. The van der Waals surface area contributed by atoms with Gasteiger partial charge in [0, 0.05) is 19.2 Å². The normalized spacial score (nSPS) is 15.2. The van der Waals surface area contributed by atoms with Crippen molar-refractivity contribution < 1.29 is 31.5 Å². The van der Waals surface area contributed by atoms with Gasteiger partial charge in [-0.1, -0.05) is 0 Å². The number of hydrogen-bond acceptors (Lipinski definition) is 5. The average molecular weight is 412 g/mol. The number of sulfonamides is 1. The number of nitrogens with one attached hydrogen (secondary N) is 1. The largest absolute Gasteiger partial charge is 0.484 e. The maximum Gasteiger partial charge on any atom is 0.262 e. The molecule has 0 atom stereocenters. The fourth-order valence-corrected chi connectivity index (χ4v) is 3.98. The van der Waals surface area contributed by atoms with Crippen molar-refractivity contribution >= 4 is 21.6 Å². The Labute approximate surface area is 160 Å². The molecule has 1 fully saturated rings. The molecule has 0 unspecified atom stereocenters. The van der Waals surface area contributed by atoms with Crippen LogP contribution in [0.2, 0.25) is 0 Å². The van der Waals surface area contributed by atoms with E-state index in [2.05, 4.69) is 5.32 Å². The van der Waals surface area contributed by atoms with Crippen LogP contribution in [0.25, 0.3) is 0 Å². The van der Waals surface area contributed by atoms with Crippen LogP contribution in [0.3, 0.4) is 0 Å². The van der Waals surface area contributed by atoms with Crippen LogP contribution in [-0.2, 0) is 19.6 Å². The maximum absolute atomic E-state index is 13.5. The van der Waals surface area contributed by atoms with Crippen LogP contribution in [-0.4, -0.2) is 51.5 Å². The molecular formula is C18H18F2N2O5S. The molecule has 1 amide bonds. The van der Waals surface area contributed by atoms with Crippen molar-refractivity contribution in [1.29, 1.82) is 0 Å². The summed E-state index contributed by atoms with van der Waals surface area (Å²) in [7, 11) is -3.62. The van der Waals surface area contributed by atoms with Crippen molar-refractivity contribution in [1.82, 2.24) is 4.31 Å². The molecule has 1 N–H and O–H groups in total. The molecule has 1 saturated heterocycles. The molecule has 1 aliphatic heterocycles. The highest BCUT2D eigenvalue weighted by molar-refractivity contribution is 7.89. The first kappa shape index (κ1) is 20.2. The van der Waals surface area contributed by atoms with E-state index in [9.17, 15) is 22.0 Å². The van der Waals surface area contributed by atoms with Gasteiger partial charge in [0.2, 0.25) is 10.0 Å². The van der Waals surface area contributed by atoms with E-state index >= 15 is 0 Å². The van der Waals surface area contributed by atoms with Crippen molar-refractivity contribution in [3.63, 3.8) is 0 Å². The van der Waals surface area contributed by atoms with Crippen molar-refractivity contribution in [2.24, 2.45) is 0 Å². The van der Waals surface area contributed by atoms with Gasteiger partial charge in [-0.15, -0.1) is 0 Å². The molecule has 0 aromatic heterocycles. The zero-order valence-corrected chi connectivity index (χ0v) is 15.5. The van der Waals surface area contributed by atoms with Crippen LogP contribution in [0.1, 0.15) is 0 Å². The summed E-state index contributed by atoms with van der Waals surface area (Å²) in [6, 6.07) is 8.30. The number of nitrogens with zero attached hydrogens (tertiary/aromatic N) is 1. The van der Waals surface area contributed by atoms with Gasteiger partial charge in [-0.3, -0.25) is 4.79 Å². The van der Waals surface area contributed by atoms with Gasteiger partial charge in [0.05, 0.1) is 23.8 Å². The van der Waals surface area contributed by atoms with Gasteiger partial charge >= 0.3 is 0 Å². The van der Waals surface area contributed by atoms with E-state index < -0.39 is 34.2 Å². The first-order chi connectivity index (χ1) is 13.4. The first-order valence-corrected chi connectivity index (χ1v) is 9.86. The summed E-state index contributed by atoms with van der Waals surface area (Å²) in [5.74, 6) is -1.88. The predicted octanol–water partition coefficient (Wildman–Crippen LogP) is 2.00. The summed E-state index contributed by atoms with van der Waals surface area (Å²) in [4.78, 5) is 11.9. The second-order valence-corrected chi connectivity index (χ2v) is 7.89. The van der Waals surface area contributed by atoms with Gasteiger partial charge in [-0.05, 0) is 36.4 Å². The van der Waals surface area contributed by atoms with E-state index in [0.29, 0.717) is 13.2 Å². The van der Waals surface area contributed by atoms with Crippen LogP contribution < -0.4 is 10.1 Å². The van der Waals surface area contributed by atoms with Crippen LogP contribution in [0, 0.1) is 11.6 Å². The molecule has 0 bridgehead atoms. The molecule has 2 aromatic carbocycles. The number of anilines is 1. The molecular weight excluding hydrogens is 394 g/mol. The minimum atomic E-state index is -3.62. The predicted molar refractivity (Wildman–Crippen MR) is 96.5 cm³/mol. The molecule has 0 spiro atoms. The number of ether oxygens (including phenoxy) is 2. The van der Waals surface area contributed by atoms with Crippen molar-refractivity contribution in [2.45, 2.75) is 4.90 Å².